The fraction of sp³-hybridized carbons (Fsp3) is 0.600. The average Bonchev–Trinajstić information content (AvgIpc) is 2.12. The summed E-state index contributed by atoms with van der Waals surface area (Å²) in [6.45, 7) is 8.78. The van der Waals surface area contributed by atoms with Gasteiger partial charge in [-0.05, 0) is 19.0 Å². The number of alkyl halides is 1. The molecule has 0 heterocycles. The van der Waals surface area contributed by atoms with Gasteiger partial charge in [-0.3, -0.25) is 0 Å². The van der Waals surface area contributed by atoms with Crippen LogP contribution in [0.3, 0.4) is 0 Å². The Labute approximate surface area is 85.1 Å². The van der Waals surface area contributed by atoms with Crippen molar-refractivity contribution >= 4 is 15.9 Å². The molecule has 0 radical (unpaired) electrons. The van der Waals surface area contributed by atoms with Crippen molar-refractivity contribution in [1.29, 1.82) is 0 Å². The van der Waals surface area contributed by atoms with Crippen molar-refractivity contribution in [3.63, 3.8) is 0 Å². The van der Waals surface area contributed by atoms with Gasteiger partial charge in [-0.1, -0.05) is 48.5 Å². The molecule has 0 atom stereocenters. The first-order valence-corrected chi connectivity index (χ1v) is 5.50. The molecule has 0 rings (SSSR count). The van der Waals surface area contributed by atoms with Gasteiger partial charge < -0.3 is 5.32 Å². The van der Waals surface area contributed by atoms with Crippen LogP contribution in [-0.4, -0.2) is 11.9 Å². The molecule has 0 aliphatic rings. The van der Waals surface area contributed by atoms with Crippen LogP contribution in [0.1, 0.15) is 26.7 Å². The normalized spacial score (nSPS) is 8.92. The second kappa shape index (κ2) is 17.0. The van der Waals surface area contributed by atoms with Gasteiger partial charge in [0.05, 0.1) is 0 Å². The van der Waals surface area contributed by atoms with Crippen LogP contribution in [0.25, 0.3) is 0 Å². The van der Waals surface area contributed by atoms with E-state index in [-0.39, 0.29) is 0 Å². The van der Waals surface area contributed by atoms with Crippen molar-refractivity contribution in [1.82, 2.24) is 5.32 Å². The third kappa shape index (κ3) is 22.6. The molecule has 0 spiro atoms. The molecule has 0 aromatic carbocycles. The summed E-state index contributed by atoms with van der Waals surface area (Å²) in [5, 5.41) is 3.95. The molecule has 0 amide bonds. The smallest absolute Gasteiger partial charge is 0.0212 e. The molecule has 0 unspecified atom stereocenters. The maximum Gasteiger partial charge on any atom is 0.0212 e. The Hall–Kier alpha value is -0.240. The third-order valence-electron chi connectivity index (χ3n) is 1.03. The Bertz CT molecular complexity index is 94.0. The monoisotopic (exact) mass is 233 g/mol. The van der Waals surface area contributed by atoms with Gasteiger partial charge in [0.25, 0.3) is 0 Å². The molecule has 1 nitrogen and oxygen atoms in total. The van der Waals surface area contributed by atoms with Gasteiger partial charge in [0.15, 0.2) is 0 Å². The Kier molecular flexibility index (Phi) is 20.3. The van der Waals surface area contributed by atoms with Crippen molar-refractivity contribution < 1.29 is 0 Å². The number of allylic oxidation sites excluding steroid dienone is 2. The first kappa shape index (κ1) is 14.3. The Morgan fingerprint density at radius 3 is 2.17 bits per heavy atom. The Morgan fingerprint density at radius 1 is 1.33 bits per heavy atom. The number of hydrogen-bond acceptors (Lipinski definition) is 1. The van der Waals surface area contributed by atoms with Crippen LogP contribution >= 0.6 is 15.9 Å². The highest BCUT2D eigenvalue weighted by Gasteiger charge is 1.66. The number of hydrogen-bond donors (Lipinski definition) is 1. The van der Waals surface area contributed by atoms with E-state index >= 15 is 0 Å². The number of rotatable bonds is 5. The molecule has 0 aromatic rings. The largest absolute Gasteiger partial charge is 0.391 e. The van der Waals surface area contributed by atoms with E-state index in [4.69, 9.17) is 0 Å². The van der Waals surface area contributed by atoms with Crippen molar-refractivity contribution in [3.8, 4) is 0 Å². The summed E-state index contributed by atoms with van der Waals surface area (Å²) in [6, 6.07) is 0. The van der Waals surface area contributed by atoms with Gasteiger partial charge in [-0.25, -0.2) is 0 Å². The zero-order valence-electron chi connectivity index (χ0n) is 8.15. The molecular weight excluding hydrogens is 214 g/mol. The highest BCUT2D eigenvalue weighted by molar-refractivity contribution is 9.09. The summed E-state index contributed by atoms with van der Waals surface area (Å²) in [5.41, 5.74) is 0. The number of halogens is 1. The topological polar surface area (TPSA) is 12.0 Å². The van der Waals surface area contributed by atoms with E-state index in [2.05, 4.69) is 53.8 Å². The van der Waals surface area contributed by atoms with E-state index in [0.29, 0.717) is 0 Å². The first-order chi connectivity index (χ1) is 5.83. The molecule has 2 heteroatoms. The molecule has 0 saturated heterocycles. The van der Waals surface area contributed by atoms with Crippen LogP contribution < -0.4 is 5.32 Å². The van der Waals surface area contributed by atoms with Crippen LogP contribution in [-0.2, 0) is 0 Å². The lowest BCUT2D eigenvalue weighted by Crippen LogP contribution is -2.03. The highest BCUT2D eigenvalue weighted by atomic mass is 79.9. The lowest BCUT2D eigenvalue weighted by Gasteiger charge is -1.89. The van der Waals surface area contributed by atoms with Crippen LogP contribution in [0.5, 0.6) is 0 Å². The van der Waals surface area contributed by atoms with E-state index in [1.54, 1.807) is 6.20 Å². The predicted octanol–water partition coefficient (Wildman–Crippen LogP) is 3.48. The molecular formula is C10H20BrN. The molecule has 0 fully saturated rings. The fourth-order valence-electron chi connectivity index (χ4n) is 0.476. The summed E-state index contributed by atoms with van der Waals surface area (Å²) >= 11 is 3.26. The standard InChI is InChI=1S/C5H9Br.C5H11N/c1-2-3-4-5-6;1-3-5-6-4-2/h3-4H,2,5H2,1H3;4,6H,2-3,5H2,1H3/b4-3+;. The average molecular weight is 234 g/mol. The molecule has 72 valence electrons. The molecule has 0 aliphatic carbocycles. The van der Waals surface area contributed by atoms with Crippen LogP contribution in [0.2, 0.25) is 0 Å². The highest BCUT2D eigenvalue weighted by Crippen LogP contribution is 1.83. The third-order valence-corrected chi connectivity index (χ3v) is 1.40. The fourth-order valence-corrected chi connectivity index (χ4v) is 0.740. The van der Waals surface area contributed by atoms with E-state index in [0.717, 1.165) is 18.3 Å². The van der Waals surface area contributed by atoms with Crippen LogP contribution in [0.15, 0.2) is 24.9 Å². The quantitative estimate of drug-likeness (QED) is 0.436. The first-order valence-electron chi connectivity index (χ1n) is 4.38. The maximum atomic E-state index is 3.49. The molecule has 12 heavy (non-hydrogen) atoms. The second-order valence-electron chi connectivity index (χ2n) is 2.19. The summed E-state index contributed by atoms with van der Waals surface area (Å²) in [6.07, 6.45) is 8.26. The van der Waals surface area contributed by atoms with Gasteiger partial charge in [0, 0.05) is 11.9 Å². The summed E-state index contributed by atoms with van der Waals surface area (Å²) in [7, 11) is 0. The van der Waals surface area contributed by atoms with Crippen molar-refractivity contribution in [3.05, 3.63) is 24.9 Å². The van der Waals surface area contributed by atoms with Crippen LogP contribution in [0.4, 0.5) is 0 Å². The lowest BCUT2D eigenvalue weighted by atomic mass is 10.4. The van der Waals surface area contributed by atoms with Gasteiger partial charge in [-0.2, -0.15) is 0 Å². The lowest BCUT2D eigenvalue weighted by molar-refractivity contribution is 0.811. The summed E-state index contributed by atoms with van der Waals surface area (Å²) in [5.74, 6) is 0. The van der Waals surface area contributed by atoms with Crippen molar-refractivity contribution in [2.45, 2.75) is 26.7 Å². The summed E-state index contributed by atoms with van der Waals surface area (Å²) in [4.78, 5) is 0. The second-order valence-corrected chi connectivity index (χ2v) is 2.84. The van der Waals surface area contributed by atoms with Gasteiger partial charge in [-0.15, -0.1) is 0 Å². The van der Waals surface area contributed by atoms with E-state index in [1.807, 2.05) is 0 Å². The Balaban J connectivity index is 0. The Morgan fingerprint density at radius 2 is 2.00 bits per heavy atom. The van der Waals surface area contributed by atoms with Crippen LogP contribution in [0, 0.1) is 0 Å². The van der Waals surface area contributed by atoms with E-state index < -0.39 is 0 Å². The minimum Gasteiger partial charge on any atom is -0.391 e. The zero-order valence-corrected chi connectivity index (χ0v) is 9.73. The maximum absolute atomic E-state index is 3.49. The SMILES string of the molecule is C=CNCCC.CC/C=C/CBr. The molecule has 0 bridgehead atoms. The molecule has 1 N–H and O–H groups in total. The zero-order chi connectivity index (χ0) is 9.66. The van der Waals surface area contributed by atoms with Gasteiger partial charge in [0.2, 0.25) is 0 Å². The van der Waals surface area contributed by atoms with Crippen molar-refractivity contribution in [2.75, 3.05) is 11.9 Å². The predicted molar refractivity (Wildman–Crippen MR) is 61.7 cm³/mol. The van der Waals surface area contributed by atoms with Crippen molar-refractivity contribution in [2.24, 2.45) is 0 Å². The van der Waals surface area contributed by atoms with Gasteiger partial charge in [0.1, 0.15) is 0 Å². The van der Waals surface area contributed by atoms with Gasteiger partial charge >= 0.3 is 0 Å². The molecule has 0 aromatic heterocycles. The minimum atomic E-state index is 0.987. The van der Waals surface area contributed by atoms with E-state index in [1.165, 1.54) is 6.42 Å². The minimum absolute atomic E-state index is 0.987. The van der Waals surface area contributed by atoms with E-state index in [9.17, 15) is 0 Å². The summed E-state index contributed by atoms with van der Waals surface area (Å²) < 4.78 is 0. The molecule has 0 aliphatic heterocycles. The molecule has 0 saturated carbocycles. The number of nitrogens with one attached hydrogen (secondary N) is 1.